The first-order chi connectivity index (χ1) is 14.7. The molecule has 8 nitrogen and oxygen atoms in total. The van der Waals surface area contributed by atoms with Gasteiger partial charge in [-0.1, -0.05) is 23.4 Å². The number of rotatable bonds is 5. The van der Waals surface area contributed by atoms with Gasteiger partial charge in [-0.15, -0.1) is 10.2 Å². The summed E-state index contributed by atoms with van der Waals surface area (Å²) in [6, 6.07) is 16.2. The number of amides is 1. The molecule has 150 valence electrons. The summed E-state index contributed by atoms with van der Waals surface area (Å²) < 4.78 is 12.3. The number of hydrogen-bond donors (Lipinski definition) is 1. The molecule has 0 aliphatic carbocycles. The standard InChI is InChI=1S/C20H14ClN5O3S/c21-13-3-1-12(2-4-13)20-24-23-17-7-8-19(25-26(17)20)30-10-18(27)22-14-5-6-15-16(9-14)29-11-28-15/h1-9H,10-11H2,(H,22,27). The summed E-state index contributed by atoms with van der Waals surface area (Å²) in [4.78, 5) is 12.3. The molecule has 1 aliphatic rings. The Morgan fingerprint density at radius 3 is 2.77 bits per heavy atom. The lowest BCUT2D eigenvalue weighted by Crippen LogP contribution is -2.14. The Hall–Kier alpha value is -3.30. The lowest BCUT2D eigenvalue weighted by atomic mass is 10.2. The van der Waals surface area contributed by atoms with Crippen molar-refractivity contribution in [3.63, 3.8) is 0 Å². The minimum absolute atomic E-state index is 0.151. The van der Waals surface area contributed by atoms with Crippen LogP contribution in [0.5, 0.6) is 11.5 Å². The van der Waals surface area contributed by atoms with Crippen molar-refractivity contribution < 1.29 is 14.3 Å². The van der Waals surface area contributed by atoms with Gasteiger partial charge in [0.25, 0.3) is 0 Å². The SMILES string of the molecule is O=C(CSc1ccc2nnc(-c3ccc(Cl)cc3)n2n1)Nc1ccc2c(c1)OCO2. The van der Waals surface area contributed by atoms with Gasteiger partial charge in [0.15, 0.2) is 23.0 Å². The quantitative estimate of drug-likeness (QED) is 0.471. The molecule has 2 aromatic carbocycles. The van der Waals surface area contributed by atoms with Crippen LogP contribution in [0, 0.1) is 0 Å². The van der Waals surface area contributed by atoms with E-state index >= 15 is 0 Å². The molecule has 0 fully saturated rings. The van der Waals surface area contributed by atoms with Crippen LogP contribution < -0.4 is 14.8 Å². The number of nitrogens with zero attached hydrogens (tertiary/aromatic N) is 4. The zero-order valence-electron chi connectivity index (χ0n) is 15.4. The van der Waals surface area contributed by atoms with Gasteiger partial charge in [0.2, 0.25) is 12.7 Å². The van der Waals surface area contributed by atoms with Crippen LogP contribution in [0.2, 0.25) is 5.02 Å². The second-order valence-electron chi connectivity index (χ2n) is 6.38. The maximum Gasteiger partial charge on any atom is 0.234 e. The molecule has 10 heteroatoms. The van der Waals surface area contributed by atoms with E-state index in [0.717, 1.165) is 5.56 Å². The van der Waals surface area contributed by atoms with Crippen LogP contribution in [-0.2, 0) is 4.79 Å². The number of carbonyl (C=O) groups is 1. The minimum Gasteiger partial charge on any atom is -0.454 e. The smallest absolute Gasteiger partial charge is 0.234 e. The number of nitrogens with one attached hydrogen (secondary N) is 1. The highest BCUT2D eigenvalue weighted by atomic mass is 35.5. The van der Waals surface area contributed by atoms with E-state index in [1.807, 2.05) is 24.3 Å². The monoisotopic (exact) mass is 439 g/mol. The number of ether oxygens (including phenoxy) is 2. The summed E-state index contributed by atoms with van der Waals surface area (Å²) in [7, 11) is 0. The van der Waals surface area contributed by atoms with E-state index in [9.17, 15) is 4.79 Å². The van der Waals surface area contributed by atoms with E-state index in [2.05, 4.69) is 20.6 Å². The Kier molecular flexibility index (Phi) is 4.89. The fourth-order valence-electron chi connectivity index (χ4n) is 2.94. The summed E-state index contributed by atoms with van der Waals surface area (Å²) in [5, 5.41) is 17.1. The van der Waals surface area contributed by atoms with Crippen molar-refractivity contribution in [2.75, 3.05) is 17.9 Å². The summed E-state index contributed by atoms with van der Waals surface area (Å²) in [5.74, 6) is 1.95. The third-order valence-electron chi connectivity index (χ3n) is 4.35. The minimum atomic E-state index is -0.151. The van der Waals surface area contributed by atoms with E-state index in [0.29, 0.717) is 38.7 Å². The first kappa shape index (κ1) is 18.7. The Morgan fingerprint density at radius 1 is 1.07 bits per heavy atom. The molecule has 0 unspecified atom stereocenters. The molecule has 1 N–H and O–H groups in total. The average Bonchev–Trinajstić information content (AvgIpc) is 3.39. The molecule has 0 saturated heterocycles. The molecule has 0 spiro atoms. The van der Waals surface area contributed by atoms with Crippen molar-refractivity contribution in [3.8, 4) is 22.9 Å². The highest BCUT2D eigenvalue weighted by Crippen LogP contribution is 2.34. The summed E-state index contributed by atoms with van der Waals surface area (Å²) >= 11 is 7.28. The van der Waals surface area contributed by atoms with Gasteiger partial charge < -0.3 is 14.8 Å². The largest absolute Gasteiger partial charge is 0.454 e. The maximum absolute atomic E-state index is 12.3. The second kappa shape index (κ2) is 7.85. The van der Waals surface area contributed by atoms with Gasteiger partial charge in [-0.2, -0.15) is 9.61 Å². The van der Waals surface area contributed by atoms with Gasteiger partial charge in [-0.05, 0) is 48.5 Å². The predicted octanol–water partition coefficient (Wildman–Crippen LogP) is 3.90. The molecule has 0 atom stereocenters. The van der Waals surface area contributed by atoms with E-state index < -0.39 is 0 Å². The summed E-state index contributed by atoms with van der Waals surface area (Å²) in [6.07, 6.45) is 0. The molecule has 0 radical (unpaired) electrons. The topological polar surface area (TPSA) is 90.6 Å². The highest BCUT2D eigenvalue weighted by Gasteiger charge is 2.15. The van der Waals surface area contributed by atoms with Crippen LogP contribution in [0.25, 0.3) is 17.0 Å². The molecule has 0 saturated carbocycles. The van der Waals surface area contributed by atoms with Crippen LogP contribution >= 0.6 is 23.4 Å². The van der Waals surface area contributed by atoms with Gasteiger partial charge in [-0.25, -0.2) is 0 Å². The average molecular weight is 440 g/mol. The molecule has 5 rings (SSSR count). The Bertz CT molecular complexity index is 1250. The normalized spacial score (nSPS) is 12.3. The number of fused-ring (bicyclic) bond motifs is 2. The van der Waals surface area contributed by atoms with Gasteiger partial charge in [0.05, 0.1) is 5.75 Å². The molecule has 1 aliphatic heterocycles. The van der Waals surface area contributed by atoms with Gasteiger partial charge in [0, 0.05) is 22.3 Å². The number of hydrogen-bond acceptors (Lipinski definition) is 7. The summed E-state index contributed by atoms with van der Waals surface area (Å²) in [6.45, 7) is 0.192. The van der Waals surface area contributed by atoms with Crippen LogP contribution in [0.4, 0.5) is 5.69 Å². The lowest BCUT2D eigenvalue weighted by molar-refractivity contribution is -0.113. The zero-order valence-corrected chi connectivity index (χ0v) is 17.0. The van der Waals surface area contributed by atoms with Crippen molar-refractivity contribution in [3.05, 3.63) is 59.6 Å². The van der Waals surface area contributed by atoms with Gasteiger partial charge >= 0.3 is 0 Å². The Labute approximate surface area is 180 Å². The number of halogens is 1. The maximum atomic E-state index is 12.3. The second-order valence-corrected chi connectivity index (χ2v) is 7.81. The number of anilines is 1. The van der Waals surface area contributed by atoms with E-state index in [1.165, 1.54) is 11.8 Å². The molecular formula is C20H14ClN5O3S. The summed E-state index contributed by atoms with van der Waals surface area (Å²) in [5.41, 5.74) is 2.12. The molecule has 3 heterocycles. The molecule has 4 aromatic rings. The van der Waals surface area contributed by atoms with Crippen molar-refractivity contribution >= 4 is 40.6 Å². The fraction of sp³-hybridized carbons (Fsp3) is 0.100. The number of thioether (sulfide) groups is 1. The molecule has 30 heavy (non-hydrogen) atoms. The van der Waals surface area contributed by atoms with Crippen molar-refractivity contribution in [2.45, 2.75) is 5.03 Å². The van der Waals surface area contributed by atoms with Crippen molar-refractivity contribution in [1.29, 1.82) is 0 Å². The first-order valence-electron chi connectivity index (χ1n) is 8.96. The molecule has 2 aromatic heterocycles. The van der Waals surface area contributed by atoms with Crippen LogP contribution in [0.1, 0.15) is 0 Å². The number of aromatic nitrogens is 4. The molecular weight excluding hydrogens is 426 g/mol. The fourth-order valence-corrected chi connectivity index (χ4v) is 3.72. The van der Waals surface area contributed by atoms with Crippen LogP contribution in [-0.4, -0.2) is 38.3 Å². The third-order valence-corrected chi connectivity index (χ3v) is 5.52. The zero-order chi connectivity index (χ0) is 20.5. The third kappa shape index (κ3) is 3.77. The van der Waals surface area contributed by atoms with E-state index in [-0.39, 0.29) is 18.5 Å². The van der Waals surface area contributed by atoms with Gasteiger partial charge in [-0.3, -0.25) is 4.79 Å². The van der Waals surface area contributed by atoms with E-state index in [4.69, 9.17) is 21.1 Å². The van der Waals surface area contributed by atoms with Crippen molar-refractivity contribution in [2.24, 2.45) is 0 Å². The van der Waals surface area contributed by atoms with Crippen molar-refractivity contribution in [1.82, 2.24) is 19.8 Å². The van der Waals surface area contributed by atoms with Gasteiger partial charge in [0.1, 0.15) is 5.03 Å². The highest BCUT2D eigenvalue weighted by molar-refractivity contribution is 7.99. The van der Waals surface area contributed by atoms with E-state index in [1.54, 1.807) is 34.8 Å². The first-order valence-corrected chi connectivity index (χ1v) is 10.3. The number of carbonyl (C=O) groups excluding carboxylic acids is 1. The van der Waals surface area contributed by atoms with Crippen LogP contribution in [0.3, 0.4) is 0 Å². The molecule has 0 bridgehead atoms. The number of benzene rings is 2. The lowest BCUT2D eigenvalue weighted by Gasteiger charge is -2.06. The Balaban J connectivity index is 1.29. The predicted molar refractivity (Wildman–Crippen MR) is 113 cm³/mol. The Morgan fingerprint density at radius 2 is 1.90 bits per heavy atom. The van der Waals surface area contributed by atoms with Crippen LogP contribution in [0.15, 0.2) is 59.6 Å². The molecule has 1 amide bonds.